The lowest BCUT2D eigenvalue weighted by atomic mass is 10.0. The first-order valence-electron chi connectivity index (χ1n) is 8.38. The van der Waals surface area contributed by atoms with E-state index in [1.807, 2.05) is 0 Å². The highest BCUT2D eigenvalue weighted by molar-refractivity contribution is 8.24. The van der Waals surface area contributed by atoms with E-state index in [0.717, 1.165) is 16.1 Å². The fraction of sp³-hybridized carbons (Fsp3) is 0.294. The Morgan fingerprint density at radius 1 is 1.17 bits per heavy atom. The number of hydrogen-bond donors (Lipinski definition) is 5. The molecule has 12 heteroatoms. The fourth-order valence-corrected chi connectivity index (χ4v) is 4.77. The lowest BCUT2D eigenvalue weighted by molar-refractivity contribution is 0.182. The van der Waals surface area contributed by atoms with Crippen LogP contribution in [0.25, 0.3) is 0 Å². The third kappa shape index (κ3) is 5.04. The number of nitrogens with one attached hydrogen (secondary N) is 1. The minimum atomic E-state index is -3.69. The number of methoxy groups -OCH3 is 1. The number of aliphatic hydroxyl groups excluding tert-OH is 1. The Bertz CT molecular complexity index is 1010. The van der Waals surface area contributed by atoms with E-state index in [2.05, 4.69) is 4.72 Å². The lowest BCUT2D eigenvalue weighted by Crippen LogP contribution is -2.25. The topological polar surface area (TPSA) is 149 Å². The van der Waals surface area contributed by atoms with Crippen LogP contribution in [0.1, 0.15) is 11.1 Å². The number of aliphatic hydroxyl groups is 1. The first kappa shape index (κ1) is 21.5. The maximum absolute atomic E-state index is 11.3. The van der Waals surface area contributed by atoms with Gasteiger partial charge in [0.1, 0.15) is 17.7 Å². The Hall–Kier alpha value is -2.22. The summed E-state index contributed by atoms with van der Waals surface area (Å²) in [6.07, 6.45) is 0.203. The molecule has 0 radical (unpaired) electrons. The van der Waals surface area contributed by atoms with Gasteiger partial charge in [0.2, 0.25) is 0 Å². The van der Waals surface area contributed by atoms with Crippen molar-refractivity contribution in [1.82, 2.24) is 4.72 Å². The van der Waals surface area contributed by atoms with E-state index in [1.54, 1.807) is 18.2 Å². The van der Waals surface area contributed by atoms with Crippen molar-refractivity contribution < 1.29 is 36.7 Å². The standard InChI is InChI=1S/C17H22N2O8S2/c1-26-16-9-12(4-6-15(16)27-28(2,22)23)7-11-3-5-13(14(20)8-11)19-10-17(21)18-29(19,24)25/h3-6,8-9,17-18,20-21,24-25H,7,10H2,1-2H3. The maximum atomic E-state index is 11.3. The molecule has 160 valence electrons. The molecule has 1 aliphatic rings. The van der Waals surface area contributed by atoms with Gasteiger partial charge in [-0.05, 0) is 41.8 Å². The predicted octanol–water partition coefficient (Wildman–Crippen LogP) is 1.64. The van der Waals surface area contributed by atoms with Crippen molar-refractivity contribution in [3.8, 4) is 17.2 Å². The van der Waals surface area contributed by atoms with Gasteiger partial charge in [-0.1, -0.05) is 23.1 Å². The molecule has 0 amide bonds. The Balaban J connectivity index is 1.82. The Morgan fingerprint density at radius 3 is 2.38 bits per heavy atom. The number of nitrogens with zero attached hydrogens (tertiary/aromatic N) is 1. The number of rotatable bonds is 6. The first-order chi connectivity index (χ1) is 13.5. The molecule has 1 fully saturated rings. The van der Waals surface area contributed by atoms with Gasteiger partial charge in [0.05, 0.1) is 19.9 Å². The van der Waals surface area contributed by atoms with Crippen molar-refractivity contribution in [2.45, 2.75) is 12.6 Å². The number of aromatic hydroxyl groups is 1. The molecular formula is C17H22N2O8S2. The maximum Gasteiger partial charge on any atom is 0.306 e. The second-order valence-corrected chi connectivity index (χ2v) is 9.78. The van der Waals surface area contributed by atoms with Gasteiger partial charge in [-0.25, -0.2) is 0 Å². The Morgan fingerprint density at radius 2 is 1.83 bits per heavy atom. The molecule has 0 saturated carbocycles. The molecule has 2 aromatic rings. The number of anilines is 1. The van der Waals surface area contributed by atoms with Crippen LogP contribution in [0, 0.1) is 0 Å². The summed E-state index contributed by atoms with van der Waals surface area (Å²) in [5.41, 5.74) is 1.67. The van der Waals surface area contributed by atoms with Crippen LogP contribution in [0.2, 0.25) is 0 Å². The van der Waals surface area contributed by atoms with Gasteiger partial charge < -0.3 is 19.1 Å². The summed E-state index contributed by atoms with van der Waals surface area (Å²) in [6.45, 7) is -0.0891. The second-order valence-electron chi connectivity index (χ2n) is 6.49. The average molecular weight is 447 g/mol. The molecule has 0 aromatic heterocycles. The third-order valence-electron chi connectivity index (χ3n) is 4.13. The van der Waals surface area contributed by atoms with Crippen molar-refractivity contribution in [2.24, 2.45) is 0 Å². The highest BCUT2D eigenvalue weighted by atomic mass is 32.3. The largest absolute Gasteiger partial charge is 0.506 e. The smallest absolute Gasteiger partial charge is 0.306 e. The quantitative estimate of drug-likeness (QED) is 0.415. The van der Waals surface area contributed by atoms with Crippen LogP contribution in [0.15, 0.2) is 36.4 Å². The van der Waals surface area contributed by atoms with Gasteiger partial charge in [-0.2, -0.15) is 13.1 Å². The summed E-state index contributed by atoms with van der Waals surface area (Å²) in [7, 11) is -5.72. The first-order valence-corrected chi connectivity index (χ1v) is 11.7. The number of benzene rings is 2. The normalized spacial score (nSPS) is 19.8. The number of β-amino-alcohol motifs (C(OH)–C–C–N with tert-alkyl or cyclic N) is 1. The molecule has 1 heterocycles. The number of phenolic OH excluding ortho intramolecular Hbond substituents is 1. The van der Waals surface area contributed by atoms with Gasteiger partial charge in [0.25, 0.3) is 0 Å². The molecule has 29 heavy (non-hydrogen) atoms. The molecule has 10 nitrogen and oxygen atoms in total. The SMILES string of the molecule is COc1cc(Cc2ccc(N3CC(O)NS3(O)O)c(O)c2)ccc1OS(C)(=O)=O. The monoisotopic (exact) mass is 446 g/mol. The highest BCUT2D eigenvalue weighted by Crippen LogP contribution is 2.49. The van der Waals surface area contributed by atoms with Crippen molar-refractivity contribution in [3.63, 3.8) is 0 Å². The highest BCUT2D eigenvalue weighted by Gasteiger charge is 2.36. The summed E-state index contributed by atoms with van der Waals surface area (Å²) in [6, 6.07) is 9.48. The van der Waals surface area contributed by atoms with Crippen molar-refractivity contribution >= 4 is 26.8 Å². The summed E-state index contributed by atoms with van der Waals surface area (Å²) < 4.78 is 56.0. The van der Waals surface area contributed by atoms with E-state index >= 15 is 0 Å². The molecule has 5 N–H and O–H groups in total. The van der Waals surface area contributed by atoms with Gasteiger partial charge >= 0.3 is 10.1 Å². The molecule has 1 aliphatic heterocycles. The average Bonchev–Trinajstić information content (AvgIpc) is 2.87. The molecule has 1 atom stereocenters. The zero-order valence-electron chi connectivity index (χ0n) is 15.6. The van der Waals surface area contributed by atoms with Crippen molar-refractivity contribution in [2.75, 3.05) is 24.2 Å². The molecule has 2 aromatic carbocycles. The van der Waals surface area contributed by atoms with E-state index in [-0.39, 0.29) is 29.5 Å². The van der Waals surface area contributed by atoms with Gasteiger partial charge in [0, 0.05) is 0 Å². The summed E-state index contributed by atoms with van der Waals surface area (Å²) in [5, 5.41) is 19.9. The van der Waals surface area contributed by atoms with Gasteiger partial charge in [0.15, 0.2) is 11.5 Å². The van der Waals surface area contributed by atoms with E-state index in [1.165, 1.54) is 25.3 Å². The summed E-state index contributed by atoms with van der Waals surface area (Å²) in [4.78, 5) is 0. The van der Waals surface area contributed by atoms with E-state index < -0.39 is 27.3 Å². The molecular weight excluding hydrogens is 424 g/mol. The lowest BCUT2D eigenvalue weighted by Gasteiger charge is -2.36. The number of ether oxygens (including phenoxy) is 1. The van der Waals surface area contributed by atoms with Gasteiger partial charge in [-0.15, -0.1) is 0 Å². The molecule has 0 aliphatic carbocycles. The van der Waals surface area contributed by atoms with E-state index in [0.29, 0.717) is 12.0 Å². The van der Waals surface area contributed by atoms with Crippen LogP contribution in [-0.4, -0.2) is 53.9 Å². The zero-order valence-corrected chi connectivity index (χ0v) is 17.3. The van der Waals surface area contributed by atoms with Crippen molar-refractivity contribution in [1.29, 1.82) is 0 Å². The Labute approximate surface area is 170 Å². The number of hydrogen-bond acceptors (Lipinski definition) is 10. The minimum Gasteiger partial charge on any atom is -0.506 e. The summed E-state index contributed by atoms with van der Waals surface area (Å²) in [5.74, 6) is 0.143. The molecule has 0 bridgehead atoms. The number of phenols is 1. The van der Waals surface area contributed by atoms with E-state index in [4.69, 9.17) is 8.92 Å². The van der Waals surface area contributed by atoms with Crippen LogP contribution in [0.3, 0.4) is 0 Å². The second kappa shape index (κ2) is 7.89. The molecule has 3 rings (SSSR count). The molecule has 1 saturated heterocycles. The van der Waals surface area contributed by atoms with Crippen LogP contribution in [0.4, 0.5) is 5.69 Å². The predicted molar refractivity (Wildman–Crippen MR) is 109 cm³/mol. The van der Waals surface area contributed by atoms with Crippen LogP contribution >= 0.6 is 11.0 Å². The third-order valence-corrected chi connectivity index (χ3v) is 6.16. The minimum absolute atomic E-state index is 0.0715. The van der Waals surface area contributed by atoms with Gasteiger partial charge in [-0.3, -0.25) is 13.4 Å². The molecule has 0 spiro atoms. The van der Waals surface area contributed by atoms with Crippen LogP contribution in [-0.2, 0) is 16.5 Å². The van der Waals surface area contributed by atoms with Crippen molar-refractivity contribution in [3.05, 3.63) is 47.5 Å². The zero-order chi connectivity index (χ0) is 21.4. The molecule has 1 unspecified atom stereocenters. The van der Waals surface area contributed by atoms with E-state index in [9.17, 15) is 27.7 Å². The Kier molecular flexibility index (Phi) is 5.85. The van der Waals surface area contributed by atoms with Crippen LogP contribution in [0.5, 0.6) is 17.2 Å². The summed E-state index contributed by atoms with van der Waals surface area (Å²) >= 11 is 0. The fourth-order valence-electron chi connectivity index (χ4n) is 2.96. The van der Waals surface area contributed by atoms with Crippen LogP contribution < -0.4 is 17.9 Å².